The van der Waals surface area contributed by atoms with Gasteiger partial charge >= 0.3 is 0 Å². The first kappa shape index (κ1) is 10.7. The van der Waals surface area contributed by atoms with Gasteiger partial charge in [0, 0.05) is 24.7 Å². The second kappa shape index (κ2) is 3.78. The van der Waals surface area contributed by atoms with Gasteiger partial charge in [-0.25, -0.2) is 0 Å². The van der Waals surface area contributed by atoms with Crippen LogP contribution in [0.2, 0.25) is 0 Å². The molecule has 0 atom stereocenters. The maximum absolute atomic E-state index is 11.5. The molecule has 3 heteroatoms. The summed E-state index contributed by atoms with van der Waals surface area (Å²) in [4.78, 5) is 11.5. The fourth-order valence-electron chi connectivity index (χ4n) is 1.38. The van der Waals surface area contributed by atoms with E-state index in [1.807, 2.05) is 20.9 Å². The van der Waals surface area contributed by atoms with Crippen LogP contribution in [0, 0.1) is 13.8 Å². The molecule has 0 saturated carbocycles. The quantitative estimate of drug-likeness (QED) is 0.683. The maximum atomic E-state index is 11.5. The van der Waals surface area contributed by atoms with E-state index >= 15 is 0 Å². The summed E-state index contributed by atoms with van der Waals surface area (Å²) >= 11 is 0. The second-order valence-corrected chi connectivity index (χ2v) is 3.65. The van der Waals surface area contributed by atoms with Crippen molar-refractivity contribution in [3.8, 4) is 0 Å². The van der Waals surface area contributed by atoms with Crippen molar-refractivity contribution in [3.63, 3.8) is 0 Å². The van der Waals surface area contributed by atoms with Gasteiger partial charge < -0.3 is 0 Å². The molecule has 14 heavy (non-hydrogen) atoms. The molecule has 1 rings (SSSR count). The summed E-state index contributed by atoms with van der Waals surface area (Å²) in [5, 5.41) is 4.26. The average molecular weight is 192 g/mol. The molecule has 1 aromatic rings. The molecule has 0 bridgehead atoms. The largest absolute Gasteiger partial charge is 0.294 e. The Labute approximate surface area is 84.4 Å². The molecule has 0 radical (unpaired) electrons. The van der Waals surface area contributed by atoms with E-state index in [2.05, 4.69) is 11.7 Å². The van der Waals surface area contributed by atoms with Gasteiger partial charge in [0.1, 0.15) is 0 Å². The van der Waals surface area contributed by atoms with Crippen molar-refractivity contribution in [1.29, 1.82) is 0 Å². The van der Waals surface area contributed by atoms with Gasteiger partial charge in [-0.3, -0.25) is 9.48 Å². The van der Waals surface area contributed by atoms with E-state index in [4.69, 9.17) is 0 Å². The summed E-state index contributed by atoms with van der Waals surface area (Å²) < 4.78 is 1.80. The molecule has 76 valence electrons. The number of aryl methyl sites for hydroxylation is 2. The Morgan fingerprint density at radius 1 is 1.50 bits per heavy atom. The predicted molar refractivity (Wildman–Crippen MR) is 56.2 cm³/mol. The summed E-state index contributed by atoms with van der Waals surface area (Å²) in [5.74, 6) is 0.0872. The molecule has 0 aromatic carbocycles. The zero-order valence-corrected chi connectivity index (χ0v) is 9.22. The molecular weight excluding hydrogens is 176 g/mol. The molecule has 1 heterocycles. The summed E-state index contributed by atoms with van der Waals surface area (Å²) in [6.45, 7) is 9.28. The van der Waals surface area contributed by atoms with Gasteiger partial charge in [0.25, 0.3) is 0 Å². The lowest BCUT2D eigenvalue weighted by Crippen LogP contribution is -2.05. The van der Waals surface area contributed by atoms with Gasteiger partial charge in [-0.2, -0.15) is 5.10 Å². The van der Waals surface area contributed by atoms with Gasteiger partial charge in [0.05, 0.1) is 5.69 Å². The molecule has 0 aliphatic heterocycles. The van der Waals surface area contributed by atoms with Crippen molar-refractivity contribution in [2.24, 2.45) is 7.05 Å². The number of hydrogen-bond acceptors (Lipinski definition) is 2. The fourth-order valence-corrected chi connectivity index (χ4v) is 1.38. The summed E-state index contributed by atoms with van der Waals surface area (Å²) in [6.07, 6.45) is 0.418. The van der Waals surface area contributed by atoms with Crippen LogP contribution in [0.4, 0.5) is 0 Å². The van der Waals surface area contributed by atoms with E-state index in [0.29, 0.717) is 12.0 Å². The van der Waals surface area contributed by atoms with E-state index in [-0.39, 0.29) is 5.78 Å². The van der Waals surface area contributed by atoms with Crippen LogP contribution in [-0.4, -0.2) is 15.6 Å². The van der Waals surface area contributed by atoms with Crippen molar-refractivity contribution in [3.05, 3.63) is 29.1 Å². The van der Waals surface area contributed by atoms with Gasteiger partial charge in [0.15, 0.2) is 5.78 Å². The standard InChI is InChI=1S/C11H16N2O/c1-7(2)11(14)6-10-8(3)12-13(5)9(10)4/h1,6H2,2-5H3. The molecule has 0 unspecified atom stereocenters. The zero-order chi connectivity index (χ0) is 10.9. The Balaban J connectivity index is 2.97. The summed E-state index contributed by atoms with van der Waals surface area (Å²) in [5.41, 5.74) is 3.62. The van der Waals surface area contributed by atoms with E-state index in [1.165, 1.54) is 0 Å². The number of carbonyl (C=O) groups excluding carboxylic acids is 1. The van der Waals surface area contributed by atoms with Gasteiger partial charge in [-0.05, 0) is 26.3 Å². The van der Waals surface area contributed by atoms with Crippen LogP contribution in [0.5, 0.6) is 0 Å². The van der Waals surface area contributed by atoms with Crippen LogP contribution in [0.1, 0.15) is 23.9 Å². The Morgan fingerprint density at radius 3 is 2.43 bits per heavy atom. The number of allylic oxidation sites excluding steroid dienone is 1. The minimum atomic E-state index is 0.0872. The van der Waals surface area contributed by atoms with Crippen molar-refractivity contribution >= 4 is 5.78 Å². The smallest absolute Gasteiger partial charge is 0.162 e. The van der Waals surface area contributed by atoms with E-state index in [1.54, 1.807) is 11.6 Å². The lowest BCUT2D eigenvalue weighted by molar-refractivity contribution is -0.114. The SMILES string of the molecule is C=C(C)C(=O)Cc1c(C)nn(C)c1C. The lowest BCUT2D eigenvalue weighted by atomic mass is 10.0. The monoisotopic (exact) mass is 192 g/mol. The number of nitrogens with zero attached hydrogens (tertiary/aromatic N) is 2. The minimum absolute atomic E-state index is 0.0872. The van der Waals surface area contributed by atoms with E-state index in [9.17, 15) is 4.79 Å². The number of rotatable bonds is 3. The van der Waals surface area contributed by atoms with Crippen molar-refractivity contribution in [2.75, 3.05) is 0 Å². The third-order valence-corrected chi connectivity index (χ3v) is 2.47. The third kappa shape index (κ3) is 1.92. The highest BCUT2D eigenvalue weighted by atomic mass is 16.1. The van der Waals surface area contributed by atoms with Crippen LogP contribution < -0.4 is 0 Å². The Bertz CT molecular complexity index is 388. The number of carbonyl (C=O) groups is 1. The first-order valence-electron chi connectivity index (χ1n) is 4.61. The molecule has 0 spiro atoms. The maximum Gasteiger partial charge on any atom is 0.162 e. The Morgan fingerprint density at radius 2 is 2.07 bits per heavy atom. The highest BCUT2D eigenvalue weighted by Crippen LogP contribution is 2.14. The van der Waals surface area contributed by atoms with Gasteiger partial charge in [-0.15, -0.1) is 0 Å². The normalized spacial score (nSPS) is 10.3. The Kier molecular flexibility index (Phi) is 2.89. The molecule has 0 saturated heterocycles. The molecule has 0 aliphatic carbocycles. The molecule has 0 amide bonds. The number of ketones is 1. The first-order valence-corrected chi connectivity index (χ1v) is 4.61. The van der Waals surface area contributed by atoms with Gasteiger partial charge in [0.2, 0.25) is 0 Å². The summed E-state index contributed by atoms with van der Waals surface area (Å²) in [7, 11) is 1.89. The molecule has 3 nitrogen and oxygen atoms in total. The van der Waals surface area contributed by atoms with Crippen LogP contribution >= 0.6 is 0 Å². The fraction of sp³-hybridized carbons (Fsp3) is 0.455. The molecule has 1 aromatic heterocycles. The van der Waals surface area contributed by atoms with Crippen LogP contribution in [0.3, 0.4) is 0 Å². The highest BCUT2D eigenvalue weighted by Gasteiger charge is 2.13. The van der Waals surface area contributed by atoms with Crippen LogP contribution in [0.25, 0.3) is 0 Å². The summed E-state index contributed by atoms with van der Waals surface area (Å²) in [6, 6.07) is 0. The lowest BCUT2D eigenvalue weighted by Gasteiger charge is -2.00. The first-order chi connectivity index (χ1) is 6.43. The van der Waals surface area contributed by atoms with Gasteiger partial charge in [-0.1, -0.05) is 6.58 Å². The number of Topliss-reactive ketones (excluding diaryl/α,β-unsaturated/α-hetero) is 1. The highest BCUT2D eigenvalue weighted by molar-refractivity contribution is 5.95. The molecular formula is C11H16N2O. The third-order valence-electron chi connectivity index (χ3n) is 2.47. The van der Waals surface area contributed by atoms with Crippen molar-refractivity contribution in [2.45, 2.75) is 27.2 Å². The van der Waals surface area contributed by atoms with E-state index in [0.717, 1.165) is 17.0 Å². The molecule has 0 N–H and O–H groups in total. The Hall–Kier alpha value is -1.38. The molecule has 0 aliphatic rings. The predicted octanol–water partition coefficient (Wildman–Crippen LogP) is 1.72. The number of hydrogen-bond donors (Lipinski definition) is 0. The van der Waals surface area contributed by atoms with Crippen LogP contribution in [-0.2, 0) is 18.3 Å². The minimum Gasteiger partial charge on any atom is -0.294 e. The molecule has 0 fully saturated rings. The van der Waals surface area contributed by atoms with E-state index < -0.39 is 0 Å². The topological polar surface area (TPSA) is 34.9 Å². The zero-order valence-electron chi connectivity index (χ0n) is 9.22. The second-order valence-electron chi connectivity index (χ2n) is 3.65. The number of aromatic nitrogens is 2. The van der Waals surface area contributed by atoms with Crippen molar-refractivity contribution in [1.82, 2.24) is 9.78 Å². The van der Waals surface area contributed by atoms with Crippen LogP contribution in [0.15, 0.2) is 12.2 Å². The average Bonchev–Trinajstić information content (AvgIpc) is 2.32. The van der Waals surface area contributed by atoms with Crippen molar-refractivity contribution < 1.29 is 4.79 Å².